The average molecular weight is 480 g/mol. The molecule has 1 aliphatic rings. The molecule has 176 valence electrons. The Bertz CT molecular complexity index is 1320. The summed E-state index contributed by atoms with van der Waals surface area (Å²) in [6.45, 7) is 0.440. The summed E-state index contributed by atoms with van der Waals surface area (Å²) in [4.78, 5) is 25.2. The SMILES string of the molecule is COc1ccc(NC(=O)c2ccc(NC(=O)c3ccc4c(c3)CCCN4S(C)(=O)=O)cc2)cc1. The van der Waals surface area contributed by atoms with Gasteiger partial charge in [0.2, 0.25) is 10.0 Å². The minimum Gasteiger partial charge on any atom is -0.497 e. The second-order valence-electron chi connectivity index (χ2n) is 8.00. The third-order valence-corrected chi connectivity index (χ3v) is 6.75. The molecule has 9 heteroatoms. The molecule has 2 amide bonds. The Morgan fingerprint density at radius 2 is 1.41 bits per heavy atom. The average Bonchev–Trinajstić information content (AvgIpc) is 2.83. The van der Waals surface area contributed by atoms with Gasteiger partial charge in [0.05, 0.1) is 19.1 Å². The van der Waals surface area contributed by atoms with E-state index in [0.717, 1.165) is 5.56 Å². The van der Waals surface area contributed by atoms with Crippen molar-refractivity contribution in [1.29, 1.82) is 0 Å². The van der Waals surface area contributed by atoms with Gasteiger partial charge in [0, 0.05) is 29.0 Å². The first kappa shape index (κ1) is 23.3. The fourth-order valence-electron chi connectivity index (χ4n) is 3.83. The van der Waals surface area contributed by atoms with E-state index in [1.54, 1.807) is 73.8 Å². The molecule has 0 bridgehead atoms. The number of amides is 2. The van der Waals surface area contributed by atoms with E-state index < -0.39 is 10.0 Å². The van der Waals surface area contributed by atoms with Crippen molar-refractivity contribution in [2.45, 2.75) is 12.8 Å². The number of anilines is 3. The molecule has 2 N–H and O–H groups in total. The molecule has 34 heavy (non-hydrogen) atoms. The number of aryl methyl sites for hydroxylation is 1. The Balaban J connectivity index is 1.42. The Hall–Kier alpha value is -3.85. The maximum absolute atomic E-state index is 12.8. The standard InChI is InChI=1S/C25H25N3O5S/c1-33-22-12-10-21(11-13-22)26-24(29)17-5-8-20(9-6-17)27-25(30)19-7-14-23-18(16-19)4-3-15-28(23)34(2,31)32/h5-14,16H,3-4,15H2,1-2H3,(H,26,29)(H,27,30). The number of fused-ring (bicyclic) bond motifs is 1. The first-order chi connectivity index (χ1) is 16.2. The van der Waals surface area contributed by atoms with Crippen LogP contribution in [0.3, 0.4) is 0 Å². The van der Waals surface area contributed by atoms with Gasteiger partial charge in [-0.3, -0.25) is 13.9 Å². The topological polar surface area (TPSA) is 105 Å². The van der Waals surface area contributed by atoms with Gasteiger partial charge < -0.3 is 15.4 Å². The number of hydrogen-bond acceptors (Lipinski definition) is 5. The van der Waals surface area contributed by atoms with Gasteiger partial charge in [0.15, 0.2) is 0 Å². The molecule has 1 aliphatic heterocycles. The van der Waals surface area contributed by atoms with E-state index in [1.807, 2.05) is 0 Å². The van der Waals surface area contributed by atoms with Gasteiger partial charge in [-0.1, -0.05) is 0 Å². The van der Waals surface area contributed by atoms with E-state index in [4.69, 9.17) is 4.74 Å². The molecule has 3 aromatic rings. The van der Waals surface area contributed by atoms with Gasteiger partial charge in [0.25, 0.3) is 11.8 Å². The van der Waals surface area contributed by atoms with Crippen LogP contribution in [0.5, 0.6) is 5.75 Å². The summed E-state index contributed by atoms with van der Waals surface area (Å²) in [5, 5.41) is 5.63. The largest absolute Gasteiger partial charge is 0.497 e. The smallest absolute Gasteiger partial charge is 0.255 e. The minimum atomic E-state index is -3.36. The van der Waals surface area contributed by atoms with Gasteiger partial charge >= 0.3 is 0 Å². The van der Waals surface area contributed by atoms with Crippen molar-refractivity contribution in [3.63, 3.8) is 0 Å². The second-order valence-corrected chi connectivity index (χ2v) is 9.90. The summed E-state index contributed by atoms with van der Waals surface area (Å²) in [5.74, 6) is 0.118. The van der Waals surface area contributed by atoms with E-state index >= 15 is 0 Å². The summed E-state index contributed by atoms with van der Waals surface area (Å²) in [5.41, 5.74) is 3.53. The van der Waals surface area contributed by atoms with Crippen molar-refractivity contribution in [3.8, 4) is 5.75 Å². The molecule has 1 heterocycles. The van der Waals surface area contributed by atoms with Crippen molar-refractivity contribution < 1.29 is 22.7 Å². The van der Waals surface area contributed by atoms with E-state index in [0.29, 0.717) is 53.3 Å². The van der Waals surface area contributed by atoms with Gasteiger partial charge in [-0.05, 0) is 85.1 Å². The van der Waals surface area contributed by atoms with Crippen LogP contribution in [0.2, 0.25) is 0 Å². The molecule has 0 saturated carbocycles. The molecule has 0 saturated heterocycles. The van der Waals surface area contributed by atoms with Crippen molar-refractivity contribution in [2.75, 3.05) is 34.8 Å². The highest BCUT2D eigenvalue weighted by Crippen LogP contribution is 2.30. The Kier molecular flexibility index (Phi) is 6.56. The predicted molar refractivity (Wildman–Crippen MR) is 132 cm³/mol. The predicted octanol–water partition coefficient (Wildman–Crippen LogP) is 3.91. The summed E-state index contributed by atoms with van der Waals surface area (Å²) >= 11 is 0. The summed E-state index contributed by atoms with van der Waals surface area (Å²) in [6, 6.07) is 18.6. The first-order valence-corrected chi connectivity index (χ1v) is 12.6. The number of rotatable bonds is 6. The second kappa shape index (κ2) is 9.56. The number of hydrogen-bond donors (Lipinski definition) is 2. The summed E-state index contributed by atoms with van der Waals surface area (Å²) < 4.78 is 30.5. The van der Waals surface area contributed by atoms with Crippen LogP contribution in [0, 0.1) is 0 Å². The van der Waals surface area contributed by atoms with E-state index in [-0.39, 0.29) is 11.8 Å². The van der Waals surface area contributed by atoms with Crippen LogP contribution in [-0.4, -0.2) is 40.1 Å². The number of methoxy groups -OCH3 is 1. The summed E-state index contributed by atoms with van der Waals surface area (Å²) in [7, 11) is -1.79. The van der Waals surface area contributed by atoms with Crippen molar-refractivity contribution in [1.82, 2.24) is 0 Å². The maximum atomic E-state index is 12.8. The molecule has 0 radical (unpaired) electrons. The lowest BCUT2D eigenvalue weighted by molar-refractivity contribution is 0.102. The molecule has 0 spiro atoms. The van der Waals surface area contributed by atoms with E-state index in [2.05, 4.69) is 10.6 Å². The molecule has 0 fully saturated rings. The van der Waals surface area contributed by atoms with Gasteiger partial charge in [-0.15, -0.1) is 0 Å². The highest BCUT2D eigenvalue weighted by atomic mass is 32.2. The zero-order valence-electron chi connectivity index (χ0n) is 18.9. The highest BCUT2D eigenvalue weighted by molar-refractivity contribution is 7.92. The molecule has 3 aromatic carbocycles. The molecule has 0 unspecified atom stereocenters. The van der Waals surface area contributed by atoms with Crippen LogP contribution in [0.25, 0.3) is 0 Å². The highest BCUT2D eigenvalue weighted by Gasteiger charge is 2.24. The number of carbonyl (C=O) groups is 2. The van der Waals surface area contributed by atoms with Crippen LogP contribution in [0.1, 0.15) is 32.7 Å². The lowest BCUT2D eigenvalue weighted by atomic mass is 10.0. The van der Waals surface area contributed by atoms with Crippen molar-refractivity contribution in [3.05, 3.63) is 83.4 Å². The fraction of sp³-hybridized carbons (Fsp3) is 0.200. The number of nitrogens with one attached hydrogen (secondary N) is 2. The lowest BCUT2D eigenvalue weighted by Crippen LogP contribution is -2.34. The molecular weight excluding hydrogens is 454 g/mol. The Morgan fingerprint density at radius 3 is 2.00 bits per heavy atom. The monoisotopic (exact) mass is 479 g/mol. The van der Waals surface area contributed by atoms with Crippen molar-refractivity contribution >= 4 is 38.9 Å². The number of benzene rings is 3. The number of nitrogens with zero attached hydrogens (tertiary/aromatic N) is 1. The zero-order valence-corrected chi connectivity index (χ0v) is 19.7. The van der Waals surface area contributed by atoms with Crippen LogP contribution in [0.15, 0.2) is 66.7 Å². The van der Waals surface area contributed by atoms with Gasteiger partial charge in [0.1, 0.15) is 5.75 Å². The quantitative estimate of drug-likeness (QED) is 0.558. The zero-order chi connectivity index (χ0) is 24.3. The number of carbonyl (C=O) groups excluding carboxylic acids is 2. The fourth-order valence-corrected chi connectivity index (χ4v) is 4.83. The van der Waals surface area contributed by atoms with Gasteiger partial charge in [-0.25, -0.2) is 8.42 Å². The van der Waals surface area contributed by atoms with Gasteiger partial charge in [-0.2, -0.15) is 0 Å². The van der Waals surface area contributed by atoms with Crippen LogP contribution < -0.4 is 19.7 Å². The van der Waals surface area contributed by atoms with Crippen molar-refractivity contribution in [2.24, 2.45) is 0 Å². The maximum Gasteiger partial charge on any atom is 0.255 e. The van der Waals surface area contributed by atoms with Crippen LogP contribution >= 0.6 is 0 Å². The molecular formula is C25H25N3O5S. The van der Waals surface area contributed by atoms with Crippen LogP contribution in [0.4, 0.5) is 17.1 Å². The first-order valence-electron chi connectivity index (χ1n) is 10.7. The Labute approximate surface area is 198 Å². The third kappa shape index (κ3) is 5.20. The Morgan fingerprint density at radius 1 is 0.853 bits per heavy atom. The third-order valence-electron chi connectivity index (χ3n) is 5.57. The van der Waals surface area contributed by atoms with E-state index in [9.17, 15) is 18.0 Å². The summed E-state index contributed by atoms with van der Waals surface area (Å²) in [6.07, 6.45) is 2.59. The lowest BCUT2D eigenvalue weighted by Gasteiger charge is -2.29. The molecule has 8 nitrogen and oxygen atoms in total. The molecule has 0 aromatic heterocycles. The number of ether oxygens (including phenoxy) is 1. The van der Waals surface area contributed by atoms with Crippen LogP contribution in [-0.2, 0) is 16.4 Å². The molecule has 0 atom stereocenters. The van der Waals surface area contributed by atoms with E-state index in [1.165, 1.54) is 10.6 Å². The molecule has 4 rings (SSSR count). The normalized spacial score (nSPS) is 13.1. The minimum absolute atomic E-state index is 0.270. The number of sulfonamides is 1. The molecule has 0 aliphatic carbocycles.